The topological polar surface area (TPSA) is 12.0 Å². The van der Waals surface area contributed by atoms with Crippen molar-refractivity contribution in [1.82, 2.24) is 0 Å². The van der Waals surface area contributed by atoms with Gasteiger partial charge in [0.05, 0.1) is 16.3 Å². The average Bonchev–Trinajstić information content (AvgIpc) is 2.27. The summed E-state index contributed by atoms with van der Waals surface area (Å²) >= 11 is 6.00. The van der Waals surface area contributed by atoms with Crippen LogP contribution in [0.1, 0.15) is 45.6 Å². The zero-order valence-corrected chi connectivity index (χ0v) is 13.3. The summed E-state index contributed by atoms with van der Waals surface area (Å²) < 4.78 is 39.3. The molecule has 0 aliphatic heterocycles. The maximum atomic E-state index is 13.1. The molecule has 1 saturated carbocycles. The number of rotatable bonds is 2. The van der Waals surface area contributed by atoms with Gasteiger partial charge in [-0.2, -0.15) is 13.2 Å². The monoisotopic (exact) mass is 319 g/mol. The normalized spacial score (nSPS) is 25.7. The Hall–Kier alpha value is -0.900. The van der Waals surface area contributed by atoms with E-state index in [9.17, 15) is 13.2 Å². The number of halogens is 4. The average molecular weight is 320 g/mol. The Bertz CT molecular complexity index is 511. The first kappa shape index (κ1) is 16.5. The summed E-state index contributed by atoms with van der Waals surface area (Å²) in [6, 6.07) is 3.93. The van der Waals surface area contributed by atoms with Crippen LogP contribution in [-0.4, -0.2) is 6.04 Å². The van der Waals surface area contributed by atoms with E-state index in [1.165, 1.54) is 12.1 Å². The number of alkyl halides is 3. The van der Waals surface area contributed by atoms with Crippen molar-refractivity contribution < 1.29 is 13.2 Å². The molecule has 0 aromatic heterocycles. The van der Waals surface area contributed by atoms with Gasteiger partial charge in [0.15, 0.2) is 0 Å². The zero-order chi connectivity index (χ0) is 15.8. The van der Waals surface area contributed by atoms with Gasteiger partial charge in [-0.15, -0.1) is 0 Å². The maximum absolute atomic E-state index is 13.1. The lowest BCUT2D eigenvalue weighted by Crippen LogP contribution is -2.36. The molecule has 0 saturated heterocycles. The Labute approximate surface area is 128 Å². The third kappa shape index (κ3) is 4.06. The van der Waals surface area contributed by atoms with E-state index < -0.39 is 11.7 Å². The molecular weight excluding hydrogens is 299 g/mol. The first-order valence-electron chi connectivity index (χ1n) is 7.21. The third-order valence-electron chi connectivity index (χ3n) is 4.05. The Morgan fingerprint density at radius 2 is 1.90 bits per heavy atom. The highest BCUT2D eigenvalue weighted by Crippen LogP contribution is 2.43. The standard InChI is InChI=1S/C16H21ClF3N/c1-10-7-11(9-15(2,3)8-10)21-14-12(16(18,19)20)5-4-6-13(14)17/h4-6,10-11,21H,7-9H2,1-3H3. The molecule has 1 aromatic carbocycles. The van der Waals surface area contributed by atoms with Gasteiger partial charge in [0, 0.05) is 6.04 Å². The predicted octanol–water partition coefficient (Wildman–Crippen LogP) is 5.99. The van der Waals surface area contributed by atoms with Gasteiger partial charge in [-0.1, -0.05) is 38.4 Å². The fourth-order valence-electron chi connectivity index (χ4n) is 3.57. The van der Waals surface area contributed by atoms with Gasteiger partial charge in [0.25, 0.3) is 0 Å². The zero-order valence-electron chi connectivity index (χ0n) is 12.5. The van der Waals surface area contributed by atoms with Crippen molar-refractivity contribution in [3.63, 3.8) is 0 Å². The second-order valence-electron chi connectivity index (χ2n) is 6.91. The van der Waals surface area contributed by atoms with Crippen molar-refractivity contribution in [2.24, 2.45) is 11.3 Å². The minimum absolute atomic E-state index is 0.0153. The summed E-state index contributed by atoms with van der Waals surface area (Å²) in [4.78, 5) is 0. The summed E-state index contributed by atoms with van der Waals surface area (Å²) in [5.74, 6) is 0.489. The van der Waals surface area contributed by atoms with Crippen molar-refractivity contribution in [2.75, 3.05) is 5.32 Å². The van der Waals surface area contributed by atoms with Crippen molar-refractivity contribution >= 4 is 17.3 Å². The van der Waals surface area contributed by atoms with E-state index in [2.05, 4.69) is 26.1 Å². The minimum Gasteiger partial charge on any atom is -0.381 e. The molecule has 5 heteroatoms. The molecule has 21 heavy (non-hydrogen) atoms. The number of hydrogen-bond donors (Lipinski definition) is 1. The fourth-order valence-corrected chi connectivity index (χ4v) is 3.80. The van der Waals surface area contributed by atoms with E-state index in [1.54, 1.807) is 0 Å². The summed E-state index contributed by atoms with van der Waals surface area (Å²) in [5.41, 5.74) is -0.540. The first-order chi connectivity index (χ1) is 9.58. The molecule has 0 heterocycles. The molecule has 0 bridgehead atoms. The smallest absolute Gasteiger partial charge is 0.381 e. The Morgan fingerprint density at radius 3 is 2.48 bits per heavy atom. The molecule has 1 aliphatic carbocycles. The molecule has 118 valence electrons. The SMILES string of the molecule is CC1CC(Nc2c(Cl)cccc2C(F)(F)F)CC(C)(C)C1. The molecule has 1 aliphatic rings. The van der Waals surface area contributed by atoms with E-state index in [0.717, 1.165) is 25.3 Å². The highest BCUT2D eigenvalue weighted by molar-refractivity contribution is 6.33. The molecule has 1 aromatic rings. The van der Waals surface area contributed by atoms with Crippen LogP contribution in [0.2, 0.25) is 5.02 Å². The Kier molecular flexibility index (Phi) is 4.48. The summed E-state index contributed by atoms with van der Waals surface area (Å²) in [6.45, 7) is 6.47. The van der Waals surface area contributed by atoms with Gasteiger partial charge in [-0.3, -0.25) is 0 Å². The van der Waals surface area contributed by atoms with Crippen LogP contribution < -0.4 is 5.32 Å². The summed E-state index contributed by atoms with van der Waals surface area (Å²) in [6.07, 6.45) is -1.59. The van der Waals surface area contributed by atoms with E-state index in [1.807, 2.05) is 0 Å². The van der Waals surface area contributed by atoms with E-state index >= 15 is 0 Å². The van der Waals surface area contributed by atoms with E-state index in [4.69, 9.17) is 11.6 Å². The molecule has 0 radical (unpaired) electrons. The first-order valence-corrected chi connectivity index (χ1v) is 7.58. The lowest BCUT2D eigenvalue weighted by Gasteiger charge is -2.40. The number of hydrogen-bond acceptors (Lipinski definition) is 1. The van der Waals surface area contributed by atoms with Crippen molar-refractivity contribution in [2.45, 2.75) is 52.3 Å². The second kappa shape index (κ2) is 5.71. The van der Waals surface area contributed by atoms with Gasteiger partial charge < -0.3 is 5.32 Å². The van der Waals surface area contributed by atoms with Gasteiger partial charge in [0.2, 0.25) is 0 Å². The number of anilines is 1. The van der Waals surface area contributed by atoms with Crippen LogP contribution in [0.25, 0.3) is 0 Å². The summed E-state index contributed by atoms with van der Waals surface area (Å²) in [7, 11) is 0. The van der Waals surface area contributed by atoms with Crippen LogP contribution in [0.3, 0.4) is 0 Å². The number of benzene rings is 1. The third-order valence-corrected chi connectivity index (χ3v) is 4.37. The molecule has 2 atom stereocenters. The van der Waals surface area contributed by atoms with Gasteiger partial charge >= 0.3 is 6.18 Å². The predicted molar refractivity (Wildman–Crippen MR) is 80.7 cm³/mol. The molecule has 0 amide bonds. The van der Waals surface area contributed by atoms with E-state index in [-0.39, 0.29) is 22.2 Å². The van der Waals surface area contributed by atoms with Gasteiger partial charge in [-0.25, -0.2) is 0 Å². The Balaban J connectivity index is 2.27. The van der Waals surface area contributed by atoms with Crippen LogP contribution in [-0.2, 0) is 6.18 Å². The van der Waals surface area contributed by atoms with Crippen LogP contribution in [0.4, 0.5) is 18.9 Å². The molecule has 0 spiro atoms. The maximum Gasteiger partial charge on any atom is 0.418 e. The van der Waals surface area contributed by atoms with Gasteiger partial charge in [0.1, 0.15) is 0 Å². The van der Waals surface area contributed by atoms with Crippen LogP contribution >= 0.6 is 11.6 Å². The van der Waals surface area contributed by atoms with Crippen LogP contribution in [0, 0.1) is 11.3 Å². The van der Waals surface area contributed by atoms with Crippen LogP contribution in [0.5, 0.6) is 0 Å². The highest BCUT2D eigenvalue weighted by atomic mass is 35.5. The lowest BCUT2D eigenvalue weighted by molar-refractivity contribution is -0.137. The summed E-state index contributed by atoms with van der Waals surface area (Å²) in [5, 5.41) is 3.18. The molecule has 1 fully saturated rings. The quantitative estimate of drug-likeness (QED) is 0.706. The van der Waals surface area contributed by atoms with Gasteiger partial charge in [-0.05, 0) is 42.7 Å². The molecule has 2 rings (SSSR count). The van der Waals surface area contributed by atoms with Crippen molar-refractivity contribution in [3.8, 4) is 0 Å². The van der Waals surface area contributed by atoms with E-state index in [0.29, 0.717) is 5.92 Å². The Morgan fingerprint density at radius 1 is 1.24 bits per heavy atom. The lowest BCUT2D eigenvalue weighted by atomic mass is 9.70. The number of para-hydroxylation sites is 1. The van der Waals surface area contributed by atoms with Crippen molar-refractivity contribution in [3.05, 3.63) is 28.8 Å². The number of nitrogens with one attached hydrogen (secondary N) is 1. The van der Waals surface area contributed by atoms with Crippen LogP contribution in [0.15, 0.2) is 18.2 Å². The second-order valence-corrected chi connectivity index (χ2v) is 7.32. The fraction of sp³-hybridized carbons (Fsp3) is 0.625. The molecular formula is C16H21ClF3N. The molecule has 2 unspecified atom stereocenters. The molecule has 1 N–H and O–H groups in total. The van der Waals surface area contributed by atoms with Crippen molar-refractivity contribution in [1.29, 1.82) is 0 Å². The minimum atomic E-state index is -4.40. The highest BCUT2D eigenvalue weighted by Gasteiger charge is 2.37. The largest absolute Gasteiger partial charge is 0.418 e. The molecule has 1 nitrogen and oxygen atoms in total.